The first-order valence-corrected chi connectivity index (χ1v) is 9.87. The third kappa shape index (κ3) is 4.83. The fourth-order valence-corrected chi connectivity index (χ4v) is 4.13. The fourth-order valence-electron chi connectivity index (χ4n) is 3.42. The summed E-state index contributed by atoms with van der Waals surface area (Å²) in [6, 6.07) is 10.4. The molecule has 1 aliphatic rings. The van der Waals surface area contributed by atoms with E-state index in [0.29, 0.717) is 13.0 Å². The van der Waals surface area contributed by atoms with Gasteiger partial charge in [0.05, 0.1) is 13.2 Å². The number of hydrogen-bond acceptors (Lipinski definition) is 4. The van der Waals surface area contributed by atoms with Crippen LogP contribution < -0.4 is 10.1 Å². The van der Waals surface area contributed by atoms with Gasteiger partial charge in [-0.25, -0.2) is 0 Å². The molecule has 1 aromatic carbocycles. The van der Waals surface area contributed by atoms with E-state index >= 15 is 0 Å². The summed E-state index contributed by atoms with van der Waals surface area (Å²) in [5, 5.41) is 7.30. The topological polar surface area (TPSA) is 41.6 Å². The summed E-state index contributed by atoms with van der Waals surface area (Å²) in [7, 11) is 1.71. The lowest BCUT2D eigenvalue weighted by molar-refractivity contribution is -0.121. The molecule has 1 aromatic heterocycles. The summed E-state index contributed by atoms with van der Waals surface area (Å²) in [4.78, 5) is 14.7. The number of aryl methyl sites for hydroxylation is 1. The number of para-hydroxylation sites is 1. The van der Waals surface area contributed by atoms with Gasteiger partial charge in [-0.05, 0) is 60.8 Å². The van der Waals surface area contributed by atoms with Crippen LogP contribution >= 0.6 is 11.3 Å². The molecule has 4 nitrogen and oxygen atoms in total. The summed E-state index contributed by atoms with van der Waals surface area (Å²) in [5.74, 6) is 1.01. The summed E-state index contributed by atoms with van der Waals surface area (Å²) in [5.41, 5.74) is 2.39. The van der Waals surface area contributed by atoms with Crippen LogP contribution in [-0.4, -0.2) is 37.6 Å². The van der Waals surface area contributed by atoms with Crippen molar-refractivity contribution in [3.63, 3.8) is 0 Å². The monoisotopic (exact) mass is 358 g/mol. The molecule has 1 fully saturated rings. The molecular weight excluding hydrogens is 332 g/mol. The first-order chi connectivity index (χ1) is 12.3. The van der Waals surface area contributed by atoms with Crippen molar-refractivity contribution in [2.24, 2.45) is 0 Å². The molecule has 134 valence electrons. The Morgan fingerprint density at radius 2 is 2.08 bits per heavy atom. The smallest absolute Gasteiger partial charge is 0.220 e. The molecule has 2 aromatic rings. The Hall–Kier alpha value is -1.85. The van der Waals surface area contributed by atoms with Crippen molar-refractivity contribution in [1.82, 2.24) is 10.2 Å². The first kappa shape index (κ1) is 18.0. The number of carbonyl (C=O) groups excluding carboxylic acids is 1. The summed E-state index contributed by atoms with van der Waals surface area (Å²) in [6.07, 6.45) is 3.78. The third-order valence-corrected chi connectivity index (χ3v) is 5.52. The summed E-state index contributed by atoms with van der Waals surface area (Å²) >= 11 is 1.68. The zero-order chi connectivity index (χ0) is 17.5. The van der Waals surface area contributed by atoms with E-state index in [0.717, 1.165) is 30.8 Å². The molecule has 1 aliphatic heterocycles. The zero-order valence-corrected chi connectivity index (χ0v) is 15.6. The van der Waals surface area contributed by atoms with Crippen molar-refractivity contribution in [2.75, 3.05) is 26.7 Å². The number of nitrogens with zero attached hydrogens (tertiary/aromatic N) is 1. The fraction of sp³-hybridized carbons (Fsp3) is 0.450. The third-order valence-electron chi connectivity index (χ3n) is 4.79. The van der Waals surface area contributed by atoms with Crippen LogP contribution in [0.2, 0.25) is 0 Å². The van der Waals surface area contributed by atoms with Crippen LogP contribution in [0, 0.1) is 0 Å². The minimum atomic E-state index is 0.116. The van der Waals surface area contributed by atoms with E-state index in [1.54, 1.807) is 18.4 Å². The van der Waals surface area contributed by atoms with E-state index < -0.39 is 0 Å². The van der Waals surface area contributed by atoms with Crippen molar-refractivity contribution in [2.45, 2.75) is 31.7 Å². The van der Waals surface area contributed by atoms with Crippen molar-refractivity contribution in [3.05, 3.63) is 52.2 Å². The van der Waals surface area contributed by atoms with Crippen LogP contribution in [0.15, 0.2) is 41.1 Å². The molecule has 0 spiro atoms. The van der Waals surface area contributed by atoms with Gasteiger partial charge in [0.25, 0.3) is 0 Å². The standard InChI is InChI=1S/C20H26N2O2S/c1-24-19-7-3-2-6-17(19)18(22-11-4-5-12-22)14-21-20(23)9-8-16-10-13-25-15-16/h2-3,6-7,10,13,15,18H,4-5,8-9,11-12,14H2,1H3,(H,21,23). The van der Waals surface area contributed by atoms with Gasteiger partial charge in [-0.1, -0.05) is 18.2 Å². The number of methoxy groups -OCH3 is 1. The van der Waals surface area contributed by atoms with Crippen molar-refractivity contribution in [3.8, 4) is 5.75 Å². The predicted octanol–water partition coefficient (Wildman–Crippen LogP) is 3.64. The Bertz CT molecular complexity index is 666. The number of hydrogen-bond donors (Lipinski definition) is 1. The SMILES string of the molecule is COc1ccccc1C(CNC(=O)CCc1ccsc1)N1CCCC1. The highest BCUT2D eigenvalue weighted by Crippen LogP contribution is 2.31. The molecule has 3 rings (SSSR count). The van der Waals surface area contributed by atoms with Gasteiger partial charge in [0.15, 0.2) is 0 Å². The Morgan fingerprint density at radius 1 is 1.28 bits per heavy atom. The maximum Gasteiger partial charge on any atom is 0.220 e. The maximum atomic E-state index is 12.3. The van der Waals surface area contributed by atoms with Gasteiger partial charge in [0.2, 0.25) is 5.91 Å². The lowest BCUT2D eigenvalue weighted by Crippen LogP contribution is -2.37. The molecule has 5 heteroatoms. The maximum absolute atomic E-state index is 12.3. The van der Waals surface area contributed by atoms with Crippen LogP contribution in [-0.2, 0) is 11.2 Å². The quantitative estimate of drug-likeness (QED) is 0.783. The van der Waals surface area contributed by atoms with Crippen LogP contribution in [0.1, 0.15) is 36.4 Å². The van der Waals surface area contributed by atoms with Crippen molar-refractivity contribution >= 4 is 17.2 Å². The highest BCUT2D eigenvalue weighted by atomic mass is 32.1. The average molecular weight is 359 g/mol. The minimum absolute atomic E-state index is 0.116. The molecule has 1 atom stereocenters. The van der Waals surface area contributed by atoms with Gasteiger partial charge < -0.3 is 10.1 Å². The average Bonchev–Trinajstić information content (AvgIpc) is 3.34. The normalized spacial score (nSPS) is 15.9. The Kier molecular flexibility index (Phi) is 6.48. The van der Waals surface area contributed by atoms with Crippen molar-refractivity contribution in [1.29, 1.82) is 0 Å². The molecule has 1 saturated heterocycles. The van der Waals surface area contributed by atoms with E-state index in [1.807, 2.05) is 18.2 Å². The molecule has 1 amide bonds. The molecule has 25 heavy (non-hydrogen) atoms. The van der Waals surface area contributed by atoms with Gasteiger partial charge in [-0.2, -0.15) is 11.3 Å². The van der Waals surface area contributed by atoms with Gasteiger partial charge in [-0.15, -0.1) is 0 Å². The molecule has 0 aliphatic carbocycles. The zero-order valence-electron chi connectivity index (χ0n) is 14.7. The Morgan fingerprint density at radius 3 is 2.80 bits per heavy atom. The summed E-state index contributed by atoms with van der Waals surface area (Å²) < 4.78 is 5.55. The molecular formula is C20H26N2O2S. The molecule has 0 saturated carbocycles. The number of nitrogens with one attached hydrogen (secondary N) is 1. The van der Waals surface area contributed by atoms with Gasteiger partial charge in [0.1, 0.15) is 5.75 Å². The number of carbonyl (C=O) groups is 1. The Labute approximate surface area is 153 Å². The molecule has 0 radical (unpaired) electrons. The molecule has 2 heterocycles. The van der Waals surface area contributed by atoms with Crippen LogP contribution in [0.3, 0.4) is 0 Å². The minimum Gasteiger partial charge on any atom is -0.496 e. The van der Waals surface area contributed by atoms with E-state index in [1.165, 1.54) is 18.4 Å². The molecule has 0 bridgehead atoms. The lowest BCUT2D eigenvalue weighted by Gasteiger charge is -2.29. The van der Waals surface area contributed by atoms with E-state index in [2.05, 4.69) is 33.1 Å². The Balaban J connectivity index is 1.62. The summed E-state index contributed by atoms with van der Waals surface area (Å²) in [6.45, 7) is 2.78. The van der Waals surface area contributed by atoms with E-state index in [9.17, 15) is 4.79 Å². The van der Waals surface area contributed by atoms with E-state index in [4.69, 9.17) is 4.74 Å². The number of ether oxygens (including phenoxy) is 1. The van der Waals surface area contributed by atoms with Gasteiger partial charge >= 0.3 is 0 Å². The number of benzene rings is 1. The van der Waals surface area contributed by atoms with E-state index in [-0.39, 0.29) is 11.9 Å². The van der Waals surface area contributed by atoms with Gasteiger partial charge in [-0.3, -0.25) is 9.69 Å². The largest absolute Gasteiger partial charge is 0.496 e. The highest BCUT2D eigenvalue weighted by molar-refractivity contribution is 7.07. The first-order valence-electron chi connectivity index (χ1n) is 8.92. The molecule has 1 N–H and O–H groups in total. The molecule has 1 unspecified atom stereocenters. The van der Waals surface area contributed by atoms with Crippen molar-refractivity contribution < 1.29 is 9.53 Å². The second kappa shape index (κ2) is 9.02. The highest BCUT2D eigenvalue weighted by Gasteiger charge is 2.26. The van der Waals surface area contributed by atoms with Crippen LogP contribution in [0.25, 0.3) is 0 Å². The predicted molar refractivity (Wildman–Crippen MR) is 102 cm³/mol. The lowest BCUT2D eigenvalue weighted by atomic mass is 10.0. The number of likely N-dealkylation sites (tertiary alicyclic amines) is 1. The number of rotatable bonds is 8. The van der Waals surface area contributed by atoms with Gasteiger partial charge in [0, 0.05) is 18.5 Å². The number of amides is 1. The second-order valence-corrected chi connectivity index (χ2v) is 7.22. The second-order valence-electron chi connectivity index (χ2n) is 6.44. The number of thiophene rings is 1. The van der Waals surface area contributed by atoms with Crippen LogP contribution in [0.4, 0.5) is 0 Å². The van der Waals surface area contributed by atoms with Crippen LogP contribution in [0.5, 0.6) is 5.75 Å².